The van der Waals surface area contributed by atoms with E-state index < -0.39 is 0 Å². The molecule has 2 heterocycles. The van der Waals surface area contributed by atoms with Crippen LogP contribution < -0.4 is 15.2 Å². The number of nitrogens with zero attached hydrogens (tertiary/aromatic N) is 3. The molecule has 8 nitrogen and oxygen atoms in total. The molecule has 3 aromatic carbocycles. The topological polar surface area (TPSA) is 82.8 Å². The van der Waals surface area contributed by atoms with Gasteiger partial charge < -0.3 is 14.4 Å². The normalized spacial score (nSPS) is 12.8. The first kappa shape index (κ1) is 29.7. The van der Waals surface area contributed by atoms with Crippen LogP contribution in [0, 0.1) is 0 Å². The zero-order valence-corrected chi connectivity index (χ0v) is 25.9. The van der Waals surface area contributed by atoms with Gasteiger partial charge in [0.1, 0.15) is 17.2 Å². The smallest absolute Gasteiger partial charge is 0.333 e. The van der Waals surface area contributed by atoms with Crippen molar-refractivity contribution in [3.63, 3.8) is 0 Å². The van der Waals surface area contributed by atoms with Crippen LogP contribution in [-0.4, -0.2) is 45.5 Å². The fourth-order valence-corrected chi connectivity index (χ4v) is 5.51. The Labute approximate surface area is 257 Å². The third-order valence-electron chi connectivity index (χ3n) is 7.16. The lowest BCUT2D eigenvalue weighted by molar-refractivity contribution is 0.0707. The van der Waals surface area contributed by atoms with Crippen molar-refractivity contribution in [2.24, 2.45) is 0 Å². The zero-order chi connectivity index (χ0) is 30.0. The van der Waals surface area contributed by atoms with Crippen LogP contribution in [-0.2, 0) is 19.5 Å². The molecule has 1 amide bonds. The van der Waals surface area contributed by atoms with E-state index in [2.05, 4.69) is 15.9 Å². The third-order valence-corrected chi connectivity index (χ3v) is 8.40. The monoisotopic (exact) mass is 651 g/mol. The number of aryl methyl sites for hydroxylation is 1. The van der Waals surface area contributed by atoms with Crippen molar-refractivity contribution in [1.82, 2.24) is 14.0 Å². The number of amides is 1. The number of ketones is 1. The van der Waals surface area contributed by atoms with Crippen molar-refractivity contribution in [2.75, 3.05) is 13.7 Å². The van der Waals surface area contributed by atoms with Gasteiger partial charge in [-0.05, 0) is 96.4 Å². The molecule has 0 fully saturated rings. The van der Waals surface area contributed by atoms with E-state index in [0.717, 1.165) is 11.3 Å². The first-order valence-corrected chi connectivity index (χ1v) is 14.8. The minimum Gasteiger partial charge on any atom is -0.497 e. The fraction of sp³-hybridized carbons (Fsp3) is 0.281. The third kappa shape index (κ3) is 6.17. The molecule has 0 saturated carbocycles. The Morgan fingerprint density at radius 1 is 0.976 bits per heavy atom. The first-order valence-electron chi connectivity index (χ1n) is 13.7. The molecule has 10 heteroatoms. The Morgan fingerprint density at radius 2 is 1.67 bits per heavy atom. The summed E-state index contributed by atoms with van der Waals surface area (Å²) in [6.45, 7) is 4.65. The van der Waals surface area contributed by atoms with Gasteiger partial charge in [0.25, 0.3) is 5.91 Å². The molecule has 0 N–H and O–H groups in total. The summed E-state index contributed by atoms with van der Waals surface area (Å²) in [6.07, 6.45) is 0.746. The number of aromatic nitrogens is 2. The number of hydrogen-bond donors (Lipinski definition) is 0. The molecule has 0 radical (unpaired) electrons. The summed E-state index contributed by atoms with van der Waals surface area (Å²) in [4.78, 5) is 42.7. The number of fused-ring (bicyclic) bond motifs is 1. The lowest BCUT2D eigenvalue weighted by Crippen LogP contribution is -2.41. The zero-order valence-electron chi connectivity index (χ0n) is 23.6. The van der Waals surface area contributed by atoms with Crippen LogP contribution in [0.4, 0.5) is 0 Å². The highest BCUT2D eigenvalue weighted by Gasteiger charge is 2.32. The molecule has 218 valence electrons. The summed E-state index contributed by atoms with van der Waals surface area (Å²) in [5.74, 6) is 1.01. The van der Waals surface area contributed by atoms with Crippen LogP contribution in [0.15, 0.2) is 76.0 Å². The number of rotatable bonds is 9. The quantitative estimate of drug-likeness (QED) is 0.198. The number of imidazole rings is 1. The molecule has 5 rings (SSSR count). The Morgan fingerprint density at radius 3 is 2.31 bits per heavy atom. The predicted molar refractivity (Wildman–Crippen MR) is 165 cm³/mol. The van der Waals surface area contributed by atoms with Gasteiger partial charge in [0.2, 0.25) is 0 Å². The van der Waals surface area contributed by atoms with Crippen LogP contribution in [0.3, 0.4) is 0 Å². The SMILES string of the molecule is COc1ccc(-n2c(C(=O)CCc3ccc(OC(C)C)cc3)c3n(c2=O)CCN(C(=O)c2ccc(Br)c(Cl)c2)C3)cc1. The highest BCUT2D eigenvalue weighted by molar-refractivity contribution is 9.10. The van der Waals surface area contributed by atoms with Crippen molar-refractivity contribution in [2.45, 2.75) is 45.9 Å². The van der Waals surface area contributed by atoms with E-state index in [1.54, 1.807) is 59.0 Å². The number of halogens is 2. The molecule has 0 spiro atoms. The molecule has 4 aromatic rings. The second-order valence-electron chi connectivity index (χ2n) is 10.4. The van der Waals surface area contributed by atoms with Crippen LogP contribution in [0.25, 0.3) is 5.69 Å². The molecular weight excluding hydrogens is 622 g/mol. The molecule has 0 aliphatic carbocycles. The minimum absolute atomic E-state index is 0.0698. The molecule has 0 bridgehead atoms. The number of ether oxygens (including phenoxy) is 2. The van der Waals surface area contributed by atoms with Crippen molar-refractivity contribution in [1.29, 1.82) is 0 Å². The summed E-state index contributed by atoms with van der Waals surface area (Å²) in [6, 6.07) is 19.7. The van der Waals surface area contributed by atoms with Crippen LogP contribution >= 0.6 is 27.5 Å². The lowest BCUT2D eigenvalue weighted by atomic mass is 10.0. The summed E-state index contributed by atoms with van der Waals surface area (Å²) >= 11 is 9.61. The molecular formula is C32H31BrClN3O5. The number of Topliss-reactive ketones (excluding diaryl/α,β-unsaturated/α-hetero) is 1. The van der Waals surface area contributed by atoms with E-state index in [-0.39, 0.29) is 48.7 Å². The van der Waals surface area contributed by atoms with Gasteiger partial charge in [-0.2, -0.15) is 0 Å². The highest BCUT2D eigenvalue weighted by Crippen LogP contribution is 2.27. The van der Waals surface area contributed by atoms with E-state index >= 15 is 0 Å². The van der Waals surface area contributed by atoms with Gasteiger partial charge in [-0.1, -0.05) is 23.7 Å². The first-order chi connectivity index (χ1) is 20.2. The second-order valence-corrected chi connectivity index (χ2v) is 11.6. The van der Waals surface area contributed by atoms with Gasteiger partial charge in [0.05, 0.1) is 36.2 Å². The van der Waals surface area contributed by atoms with Gasteiger partial charge in [-0.25, -0.2) is 4.79 Å². The Hall–Kier alpha value is -3.82. The van der Waals surface area contributed by atoms with Crippen LogP contribution in [0.2, 0.25) is 5.02 Å². The van der Waals surface area contributed by atoms with Crippen molar-refractivity contribution in [3.05, 3.63) is 109 Å². The predicted octanol–water partition coefficient (Wildman–Crippen LogP) is 6.32. The average molecular weight is 653 g/mol. The van der Waals surface area contributed by atoms with Gasteiger partial charge in [0, 0.05) is 29.5 Å². The second kappa shape index (κ2) is 12.6. The van der Waals surface area contributed by atoms with Gasteiger partial charge in [-0.15, -0.1) is 0 Å². The Balaban J connectivity index is 1.48. The molecule has 0 saturated heterocycles. The maximum absolute atomic E-state index is 13.9. The van der Waals surface area contributed by atoms with Crippen molar-refractivity contribution < 1.29 is 19.1 Å². The summed E-state index contributed by atoms with van der Waals surface area (Å²) in [5.41, 5.74) is 2.47. The minimum atomic E-state index is -0.313. The maximum Gasteiger partial charge on any atom is 0.333 e. The molecule has 1 aliphatic rings. The van der Waals surface area contributed by atoms with E-state index in [4.69, 9.17) is 21.1 Å². The fourth-order valence-electron chi connectivity index (χ4n) is 5.08. The Bertz CT molecular complexity index is 1680. The lowest BCUT2D eigenvalue weighted by Gasteiger charge is -2.28. The summed E-state index contributed by atoms with van der Waals surface area (Å²) < 4.78 is 14.8. The molecule has 0 atom stereocenters. The number of hydrogen-bond acceptors (Lipinski definition) is 5. The molecule has 42 heavy (non-hydrogen) atoms. The number of methoxy groups -OCH3 is 1. The molecule has 1 aromatic heterocycles. The van der Waals surface area contributed by atoms with Crippen LogP contribution in [0.1, 0.15) is 52.4 Å². The largest absolute Gasteiger partial charge is 0.497 e. The van der Waals surface area contributed by atoms with Crippen LogP contribution in [0.5, 0.6) is 11.5 Å². The van der Waals surface area contributed by atoms with Gasteiger partial charge >= 0.3 is 5.69 Å². The molecule has 0 unspecified atom stereocenters. The summed E-state index contributed by atoms with van der Waals surface area (Å²) in [7, 11) is 1.57. The number of benzene rings is 3. The van der Waals surface area contributed by atoms with Crippen molar-refractivity contribution in [3.8, 4) is 17.2 Å². The Kier molecular flexibility index (Phi) is 8.89. The standard InChI is InChI=1S/C32H31BrClN3O5/c1-20(2)42-25-10-4-21(5-11-25)6-15-29(38)30-28-19-35(31(39)22-7-14-26(33)27(34)18-22)16-17-36(28)32(40)37(30)23-8-12-24(41-3)13-9-23/h4-5,7-14,18,20H,6,15-17,19H2,1-3H3. The summed E-state index contributed by atoms with van der Waals surface area (Å²) in [5, 5.41) is 0.431. The number of carbonyl (C=O) groups excluding carboxylic acids is 2. The van der Waals surface area contributed by atoms with E-state index in [9.17, 15) is 14.4 Å². The van der Waals surface area contributed by atoms with Crippen molar-refractivity contribution >= 4 is 39.2 Å². The van der Waals surface area contributed by atoms with E-state index in [0.29, 0.717) is 45.2 Å². The maximum atomic E-state index is 13.9. The van der Waals surface area contributed by atoms with E-state index in [1.165, 1.54) is 4.57 Å². The number of carbonyl (C=O) groups is 2. The highest BCUT2D eigenvalue weighted by atomic mass is 79.9. The average Bonchev–Trinajstić information content (AvgIpc) is 3.28. The van der Waals surface area contributed by atoms with Gasteiger partial charge in [-0.3, -0.25) is 18.7 Å². The molecule has 1 aliphatic heterocycles. The van der Waals surface area contributed by atoms with Gasteiger partial charge in [0.15, 0.2) is 5.78 Å². The van der Waals surface area contributed by atoms with E-state index in [1.807, 2.05) is 38.1 Å².